The maximum atomic E-state index is 11.6. The van der Waals surface area contributed by atoms with Gasteiger partial charge in [0.2, 0.25) is 5.91 Å². The molecule has 1 aliphatic heterocycles. The lowest BCUT2D eigenvalue weighted by Gasteiger charge is -2.14. The molecule has 0 atom stereocenters. The van der Waals surface area contributed by atoms with E-state index in [0.717, 1.165) is 26.9 Å². The highest BCUT2D eigenvalue weighted by molar-refractivity contribution is 9.10. The lowest BCUT2D eigenvalue weighted by Crippen LogP contribution is -2.13. The van der Waals surface area contributed by atoms with Crippen molar-refractivity contribution in [2.24, 2.45) is 4.99 Å². The Morgan fingerprint density at radius 2 is 2.00 bits per heavy atom. The van der Waals surface area contributed by atoms with Crippen LogP contribution in [0.15, 0.2) is 45.9 Å². The zero-order chi connectivity index (χ0) is 14.1. The Kier molecular flexibility index (Phi) is 3.59. The second-order valence-electron chi connectivity index (χ2n) is 4.38. The number of rotatable bonds is 1. The number of fused-ring (bicyclic) bond motifs is 1. The van der Waals surface area contributed by atoms with Gasteiger partial charge in [0, 0.05) is 32.4 Å². The molecule has 0 saturated carbocycles. The molecule has 20 heavy (non-hydrogen) atoms. The fourth-order valence-electron chi connectivity index (χ4n) is 2.18. The Hall–Kier alpha value is -1.65. The van der Waals surface area contributed by atoms with E-state index in [1.54, 1.807) is 6.21 Å². The molecule has 0 unspecified atom stereocenters. The summed E-state index contributed by atoms with van der Waals surface area (Å²) in [6, 6.07) is 11.4. The van der Waals surface area contributed by atoms with E-state index in [9.17, 15) is 4.79 Å². The largest absolute Gasteiger partial charge is 0.324 e. The predicted octanol–water partition coefficient (Wildman–Crippen LogP) is 4.14. The molecular weight excluding hydrogens is 340 g/mol. The molecular formula is C15H10BrClN2O. The van der Waals surface area contributed by atoms with Crippen LogP contribution in [0.5, 0.6) is 0 Å². The molecule has 1 N–H and O–H groups in total. The van der Waals surface area contributed by atoms with E-state index in [2.05, 4.69) is 26.2 Å². The van der Waals surface area contributed by atoms with Gasteiger partial charge < -0.3 is 5.32 Å². The third-order valence-corrected chi connectivity index (χ3v) is 4.06. The smallest absolute Gasteiger partial charge is 0.246 e. The van der Waals surface area contributed by atoms with Gasteiger partial charge >= 0.3 is 0 Å². The number of benzene rings is 2. The first-order valence-electron chi connectivity index (χ1n) is 6.04. The van der Waals surface area contributed by atoms with Crippen molar-refractivity contribution in [1.29, 1.82) is 0 Å². The SMILES string of the molecule is O=C1CN=Cc2c(ccc(Br)c2-c2ccccc2Cl)N1. The Bertz CT molecular complexity index is 728. The van der Waals surface area contributed by atoms with Gasteiger partial charge in [-0.3, -0.25) is 9.79 Å². The first-order valence-corrected chi connectivity index (χ1v) is 7.21. The minimum atomic E-state index is -0.118. The van der Waals surface area contributed by atoms with Crippen molar-refractivity contribution >= 4 is 45.3 Å². The Morgan fingerprint density at radius 3 is 2.80 bits per heavy atom. The van der Waals surface area contributed by atoms with Crippen molar-refractivity contribution < 1.29 is 4.79 Å². The maximum Gasteiger partial charge on any atom is 0.246 e. The third kappa shape index (κ3) is 2.37. The van der Waals surface area contributed by atoms with Gasteiger partial charge in [-0.05, 0) is 18.2 Å². The van der Waals surface area contributed by atoms with Crippen LogP contribution in [-0.2, 0) is 4.79 Å². The number of carbonyl (C=O) groups is 1. The van der Waals surface area contributed by atoms with E-state index in [4.69, 9.17) is 11.6 Å². The highest BCUT2D eigenvalue weighted by atomic mass is 79.9. The van der Waals surface area contributed by atoms with Gasteiger partial charge in [-0.2, -0.15) is 0 Å². The molecule has 0 aliphatic carbocycles. The third-order valence-electron chi connectivity index (χ3n) is 3.07. The van der Waals surface area contributed by atoms with Crippen LogP contribution in [0, 0.1) is 0 Å². The van der Waals surface area contributed by atoms with Crippen molar-refractivity contribution in [3.63, 3.8) is 0 Å². The van der Waals surface area contributed by atoms with E-state index in [1.807, 2.05) is 36.4 Å². The second-order valence-corrected chi connectivity index (χ2v) is 5.64. The molecule has 3 nitrogen and oxygen atoms in total. The first-order chi connectivity index (χ1) is 9.66. The zero-order valence-electron chi connectivity index (χ0n) is 10.4. The minimum Gasteiger partial charge on any atom is -0.324 e. The Labute approximate surface area is 129 Å². The summed E-state index contributed by atoms with van der Waals surface area (Å²) >= 11 is 9.84. The van der Waals surface area contributed by atoms with Crippen molar-refractivity contribution in [3.8, 4) is 11.1 Å². The average Bonchev–Trinajstić information content (AvgIpc) is 2.61. The van der Waals surface area contributed by atoms with Crippen molar-refractivity contribution in [3.05, 3.63) is 51.5 Å². The average molecular weight is 350 g/mol. The van der Waals surface area contributed by atoms with Gasteiger partial charge in [0.25, 0.3) is 0 Å². The van der Waals surface area contributed by atoms with E-state index in [-0.39, 0.29) is 12.5 Å². The highest BCUT2D eigenvalue weighted by Gasteiger charge is 2.17. The van der Waals surface area contributed by atoms with Gasteiger partial charge in [0.05, 0.1) is 5.69 Å². The number of hydrogen-bond acceptors (Lipinski definition) is 2. The highest BCUT2D eigenvalue weighted by Crippen LogP contribution is 2.38. The molecule has 100 valence electrons. The van der Waals surface area contributed by atoms with E-state index in [0.29, 0.717) is 5.02 Å². The Morgan fingerprint density at radius 1 is 1.20 bits per heavy atom. The molecule has 1 heterocycles. The first kappa shape index (κ1) is 13.3. The van der Waals surface area contributed by atoms with Crippen LogP contribution in [0.2, 0.25) is 5.02 Å². The van der Waals surface area contributed by atoms with Crippen molar-refractivity contribution in [1.82, 2.24) is 0 Å². The van der Waals surface area contributed by atoms with Crippen LogP contribution < -0.4 is 5.32 Å². The molecule has 0 saturated heterocycles. The van der Waals surface area contributed by atoms with Crippen LogP contribution in [0.1, 0.15) is 5.56 Å². The number of benzodiazepines with no additional fused rings is 1. The zero-order valence-corrected chi connectivity index (χ0v) is 12.7. The summed E-state index contributed by atoms with van der Waals surface area (Å²) in [5, 5.41) is 3.51. The summed E-state index contributed by atoms with van der Waals surface area (Å²) in [5.41, 5.74) is 3.44. The summed E-state index contributed by atoms with van der Waals surface area (Å²) in [7, 11) is 0. The lowest BCUT2D eigenvalue weighted by molar-refractivity contribution is -0.114. The fraction of sp³-hybridized carbons (Fsp3) is 0.0667. The standard InChI is InChI=1S/C15H10BrClN2O/c16-11-5-6-13-10(7-18-8-14(20)19-13)15(11)9-3-1-2-4-12(9)17/h1-7H,8H2,(H,19,20). The van der Waals surface area contributed by atoms with Crippen LogP contribution in [0.3, 0.4) is 0 Å². The summed E-state index contributed by atoms with van der Waals surface area (Å²) in [5.74, 6) is -0.118. The van der Waals surface area contributed by atoms with Gasteiger partial charge in [0.15, 0.2) is 0 Å². The van der Waals surface area contributed by atoms with Crippen molar-refractivity contribution in [2.75, 3.05) is 11.9 Å². The number of amides is 1. The van der Waals surface area contributed by atoms with Crippen LogP contribution in [0.25, 0.3) is 11.1 Å². The van der Waals surface area contributed by atoms with E-state index < -0.39 is 0 Å². The number of aliphatic imine (C=N–C) groups is 1. The summed E-state index contributed by atoms with van der Waals surface area (Å²) < 4.78 is 0.909. The summed E-state index contributed by atoms with van der Waals surface area (Å²) in [4.78, 5) is 15.7. The number of carbonyl (C=O) groups excluding carboxylic acids is 1. The predicted molar refractivity (Wildman–Crippen MR) is 85.7 cm³/mol. The van der Waals surface area contributed by atoms with Crippen LogP contribution in [-0.4, -0.2) is 18.7 Å². The summed E-state index contributed by atoms with van der Waals surface area (Å²) in [6.07, 6.45) is 1.72. The molecule has 1 amide bonds. The number of nitrogens with zero attached hydrogens (tertiary/aromatic N) is 1. The van der Waals surface area contributed by atoms with Gasteiger partial charge in [0.1, 0.15) is 6.54 Å². The molecule has 0 spiro atoms. The normalized spacial score (nSPS) is 13.6. The number of anilines is 1. The fourth-order valence-corrected chi connectivity index (χ4v) is 2.97. The molecule has 0 aromatic heterocycles. The lowest BCUT2D eigenvalue weighted by atomic mass is 9.98. The monoisotopic (exact) mass is 348 g/mol. The van der Waals surface area contributed by atoms with Crippen LogP contribution >= 0.6 is 27.5 Å². The van der Waals surface area contributed by atoms with Gasteiger partial charge in [-0.15, -0.1) is 0 Å². The topological polar surface area (TPSA) is 41.5 Å². The molecule has 0 fully saturated rings. The van der Waals surface area contributed by atoms with E-state index >= 15 is 0 Å². The van der Waals surface area contributed by atoms with Gasteiger partial charge in [-0.1, -0.05) is 45.7 Å². The molecule has 0 radical (unpaired) electrons. The molecule has 2 aromatic carbocycles. The quantitative estimate of drug-likeness (QED) is 0.826. The molecule has 2 aromatic rings. The molecule has 1 aliphatic rings. The number of halogens is 2. The van der Waals surface area contributed by atoms with Crippen molar-refractivity contribution in [2.45, 2.75) is 0 Å². The maximum absolute atomic E-state index is 11.6. The number of nitrogens with one attached hydrogen (secondary N) is 1. The van der Waals surface area contributed by atoms with Gasteiger partial charge in [-0.25, -0.2) is 0 Å². The minimum absolute atomic E-state index is 0.118. The second kappa shape index (κ2) is 5.38. The molecule has 0 bridgehead atoms. The van der Waals surface area contributed by atoms with Crippen LogP contribution in [0.4, 0.5) is 5.69 Å². The van der Waals surface area contributed by atoms with E-state index in [1.165, 1.54) is 0 Å². The molecule has 5 heteroatoms. The molecule has 3 rings (SSSR count). The number of hydrogen-bond donors (Lipinski definition) is 1. The summed E-state index contributed by atoms with van der Waals surface area (Å²) in [6.45, 7) is 0.133. The Balaban J connectivity index is 2.29.